The first kappa shape index (κ1) is 8.40. The third-order valence-corrected chi connectivity index (χ3v) is 0.958. The van der Waals surface area contributed by atoms with E-state index in [1.54, 1.807) is 12.4 Å². The van der Waals surface area contributed by atoms with E-state index in [1.807, 2.05) is 12.1 Å². The van der Waals surface area contributed by atoms with Crippen molar-refractivity contribution in [2.75, 3.05) is 0 Å². The number of rotatable bonds is 1. The van der Waals surface area contributed by atoms with Crippen LogP contribution in [0.5, 0.6) is 0 Å². The number of pyridine rings is 1. The Morgan fingerprint density at radius 2 is 2.33 bits per heavy atom. The summed E-state index contributed by atoms with van der Waals surface area (Å²) in [4.78, 5) is 3.88. The molecular formula is C6H8ClN2-. The second-order valence-electron chi connectivity index (χ2n) is 1.57. The molecule has 0 aliphatic carbocycles. The maximum atomic E-state index is 5.31. The summed E-state index contributed by atoms with van der Waals surface area (Å²) in [5.41, 5.74) is 6.39. The summed E-state index contributed by atoms with van der Waals surface area (Å²) in [6, 6.07) is 3.83. The van der Waals surface area contributed by atoms with Crippen molar-refractivity contribution in [2.24, 2.45) is 5.73 Å². The van der Waals surface area contributed by atoms with E-state index < -0.39 is 0 Å². The van der Waals surface area contributed by atoms with Crippen molar-refractivity contribution in [3.63, 3.8) is 0 Å². The summed E-state index contributed by atoms with van der Waals surface area (Å²) in [6.45, 7) is 0.577. The van der Waals surface area contributed by atoms with E-state index in [2.05, 4.69) is 4.98 Å². The molecule has 1 heterocycles. The van der Waals surface area contributed by atoms with E-state index in [9.17, 15) is 0 Å². The Bertz CT molecular complexity index is 152. The Hall–Kier alpha value is -0.600. The van der Waals surface area contributed by atoms with Gasteiger partial charge in [-0.2, -0.15) is 0 Å². The summed E-state index contributed by atoms with van der Waals surface area (Å²) < 4.78 is 0. The van der Waals surface area contributed by atoms with Crippen molar-refractivity contribution >= 4 is 0 Å². The molecule has 0 spiro atoms. The van der Waals surface area contributed by atoms with Crippen LogP contribution in [-0.2, 0) is 6.54 Å². The van der Waals surface area contributed by atoms with Gasteiger partial charge in [-0.1, -0.05) is 6.07 Å². The van der Waals surface area contributed by atoms with Crippen LogP contribution in [0.2, 0.25) is 0 Å². The molecule has 0 aliphatic rings. The smallest absolute Gasteiger partial charge is 0.0312 e. The summed E-state index contributed by atoms with van der Waals surface area (Å²) in [5, 5.41) is 0. The molecule has 50 valence electrons. The topological polar surface area (TPSA) is 38.9 Å². The van der Waals surface area contributed by atoms with E-state index in [-0.39, 0.29) is 12.4 Å². The molecule has 0 aromatic carbocycles. The van der Waals surface area contributed by atoms with E-state index in [0.29, 0.717) is 6.54 Å². The van der Waals surface area contributed by atoms with E-state index >= 15 is 0 Å². The molecule has 0 atom stereocenters. The fourth-order valence-electron chi connectivity index (χ4n) is 0.519. The van der Waals surface area contributed by atoms with Crippen molar-refractivity contribution in [3.05, 3.63) is 30.1 Å². The van der Waals surface area contributed by atoms with Crippen LogP contribution in [0.3, 0.4) is 0 Å². The third-order valence-electron chi connectivity index (χ3n) is 0.958. The first-order valence-corrected chi connectivity index (χ1v) is 2.52. The van der Waals surface area contributed by atoms with Crippen molar-refractivity contribution in [2.45, 2.75) is 6.54 Å². The summed E-state index contributed by atoms with van der Waals surface area (Å²) >= 11 is 0. The highest BCUT2D eigenvalue weighted by Gasteiger charge is 1.81. The zero-order valence-electron chi connectivity index (χ0n) is 4.92. The molecule has 2 nitrogen and oxygen atoms in total. The Morgan fingerprint density at radius 3 is 2.67 bits per heavy atom. The van der Waals surface area contributed by atoms with E-state index in [4.69, 9.17) is 5.73 Å². The van der Waals surface area contributed by atoms with Gasteiger partial charge < -0.3 is 18.1 Å². The molecular weight excluding hydrogens is 136 g/mol. The highest BCUT2D eigenvalue weighted by Crippen LogP contribution is 1.90. The number of halogens is 1. The molecule has 1 aromatic heterocycles. The zero-order chi connectivity index (χ0) is 5.82. The van der Waals surface area contributed by atoms with Crippen LogP contribution in [0.25, 0.3) is 0 Å². The van der Waals surface area contributed by atoms with Gasteiger partial charge in [0.15, 0.2) is 0 Å². The Kier molecular flexibility index (Phi) is 4.01. The van der Waals surface area contributed by atoms with Gasteiger partial charge in [-0.25, -0.2) is 0 Å². The lowest BCUT2D eigenvalue weighted by Gasteiger charge is -1.89. The number of nitrogens with two attached hydrogens (primary N) is 1. The standard InChI is InChI=1S/C6H8N2.ClH/c7-4-6-2-1-3-8-5-6;/h1-3,5H,4,7H2;1H/p-1. The van der Waals surface area contributed by atoms with Crippen molar-refractivity contribution in [1.82, 2.24) is 4.98 Å². The molecule has 0 amide bonds. The van der Waals surface area contributed by atoms with Gasteiger partial charge in [0.1, 0.15) is 0 Å². The zero-order valence-corrected chi connectivity index (χ0v) is 5.67. The predicted molar refractivity (Wildman–Crippen MR) is 32.1 cm³/mol. The van der Waals surface area contributed by atoms with Gasteiger partial charge in [-0.15, -0.1) is 0 Å². The average Bonchev–Trinajstić information content (AvgIpc) is 1.90. The first-order valence-electron chi connectivity index (χ1n) is 2.52. The highest BCUT2D eigenvalue weighted by atomic mass is 35.5. The van der Waals surface area contributed by atoms with Crippen molar-refractivity contribution < 1.29 is 12.4 Å². The van der Waals surface area contributed by atoms with Gasteiger partial charge >= 0.3 is 0 Å². The van der Waals surface area contributed by atoms with Gasteiger partial charge in [0.25, 0.3) is 0 Å². The second kappa shape index (κ2) is 4.30. The molecule has 0 aliphatic heterocycles. The summed E-state index contributed by atoms with van der Waals surface area (Å²) in [7, 11) is 0. The molecule has 0 unspecified atom stereocenters. The minimum atomic E-state index is 0. The second-order valence-corrected chi connectivity index (χ2v) is 1.57. The quantitative estimate of drug-likeness (QED) is 0.474. The van der Waals surface area contributed by atoms with E-state index in [1.165, 1.54) is 0 Å². The predicted octanol–water partition coefficient (Wildman–Crippen LogP) is -2.46. The van der Waals surface area contributed by atoms with Crippen molar-refractivity contribution in [1.29, 1.82) is 0 Å². The van der Waals surface area contributed by atoms with Gasteiger partial charge in [-0.3, -0.25) is 4.98 Å². The molecule has 1 aromatic rings. The SMILES string of the molecule is NCc1cccnc1.[Cl-]. The molecule has 2 N–H and O–H groups in total. The number of hydrogen-bond donors (Lipinski definition) is 1. The molecule has 9 heavy (non-hydrogen) atoms. The van der Waals surface area contributed by atoms with Crippen LogP contribution in [0.15, 0.2) is 24.5 Å². The fraction of sp³-hybridized carbons (Fsp3) is 0.167. The van der Waals surface area contributed by atoms with Crippen LogP contribution >= 0.6 is 0 Å². The minimum absolute atomic E-state index is 0. The van der Waals surface area contributed by atoms with Crippen LogP contribution < -0.4 is 18.1 Å². The lowest BCUT2D eigenvalue weighted by atomic mass is 10.3. The number of nitrogens with zero attached hydrogens (tertiary/aromatic N) is 1. The summed E-state index contributed by atoms with van der Waals surface area (Å²) in [6.07, 6.45) is 3.50. The first-order chi connectivity index (χ1) is 3.93. The average molecular weight is 144 g/mol. The molecule has 0 fully saturated rings. The van der Waals surface area contributed by atoms with Crippen LogP contribution in [-0.4, -0.2) is 4.98 Å². The summed E-state index contributed by atoms with van der Waals surface area (Å²) in [5.74, 6) is 0. The third kappa shape index (κ3) is 2.44. The molecule has 0 saturated heterocycles. The molecule has 3 heteroatoms. The van der Waals surface area contributed by atoms with Gasteiger partial charge in [0, 0.05) is 18.9 Å². The maximum absolute atomic E-state index is 5.31. The number of aromatic nitrogens is 1. The van der Waals surface area contributed by atoms with Gasteiger partial charge in [-0.05, 0) is 11.6 Å². The monoisotopic (exact) mass is 143 g/mol. The van der Waals surface area contributed by atoms with Crippen LogP contribution in [0.4, 0.5) is 0 Å². The number of hydrogen-bond acceptors (Lipinski definition) is 2. The minimum Gasteiger partial charge on any atom is -1.00 e. The maximum Gasteiger partial charge on any atom is 0.0312 e. The van der Waals surface area contributed by atoms with Gasteiger partial charge in [0.05, 0.1) is 0 Å². The molecule has 0 saturated carbocycles. The normalized spacial score (nSPS) is 8.11. The largest absolute Gasteiger partial charge is 1.00 e. The molecule has 0 bridgehead atoms. The Morgan fingerprint density at radius 1 is 1.56 bits per heavy atom. The molecule has 0 radical (unpaired) electrons. The van der Waals surface area contributed by atoms with Crippen molar-refractivity contribution in [3.8, 4) is 0 Å². The van der Waals surface area contributed by atoms with E-state index in [0.717, 1.165) is 5.56 Å². The fourth-order valence-corrected chi connectivity index (χ4v) is 0.519. The van der Waals surface area contributed by atoms with Crippen LogP contribution in [0.1, 0.15) is 5.56 Å². The lowest BCUT2D eigenvalue weighted by molar-refractivity contribution is -0.00000179. The van der Waals surface area contributed by atoms with Gasteiger partial charge in [0.2, 0.25) is 0 Å². The molecule has 1 rings (SSSR count). The Balaban J connectivity index is 0.000000640. The van der Waals surface area contributed by atoms with Crippen LogP contribution in [0, 0.1) is 0 Å². The lowest BCUT2D eigenvalue weighted by Crippen LogP contribution is -3.00. The highest BCUT2D eigenvalue weighted by molar-refractivity contribution is 5.06. The Labute approximate surface area is 60.5 Å².